The predicted molar refractivity (Wildman–Crippen MR) is 98.5 cm³/mol. The van der Waals surface area contributed by atoms with Crippen molar-refractivity contribution in [2.45, 2.75) is 12.8 Å². The molecule has 7 nitrogen and oxygen atoms in total. The number of carbonyl (C=O) groups excluding carboxylic acids is 2. The van der Waals surface area contributed by atoms with E-state index in [0.29, 0.717) is 6.54 Å². The molecule has 0 saturated carbocycles. The van der Waals surface area contributed by atoms with Gasteiger partial charge in [-0.25, -0.2) is 0 Å². The third-order valence-electron chi connectivity index (χ3n) is 3.90. The zero-order valence-corrected chi connectivity index (χ0v) is 14.5. The predicted octanol–water partition coefficient (Wildman–Crippen LogP) is 1.38. The van der Waals surface area contributed by atoms with Crippen molar-refractivity contribution in [3.63, 3.8) is 0 Å². The standard InChI is InChI=1S/C18H24N4O3/c1-20-8-6-16(23)18(19)17(24)7-9-21-14-2-4-15(5-3-14)22-10-12-25-13-11-22/h2-5,9,19-20H,6-8,10-13H2,1H3. The Morgan fingerprint density at radius 1 is 1.24 bits per heavy atom. The molecule has 0 spiro atoms. The Morgan fingerprint density at radius 2 is 1.92 bits per heavy atom. The van der Waals surface area contributed by atoms with Crippen LogP contribution >= 0.6 is 0 Å². The van der Waals surface area contributed by atoms with Gasteiger partial charge < -0.3 is 15.0 Å². The number of benzene rings is 1. The van der Waals surface area contributed by atoms with E-state index in [9.17, 15) is 9.59 Å². The van der Waals surface area contributed by atoms with E-state index in [1.165, 1.54) is 6.21 Å². The maximum Gasteiger partial charge on any atom is 0.189 e. The Morgan fingerprint density at radius 3 is 2.56 bits per heavy atom. The Hall–Kier alpha value is -2.38. The number of aliphatic imine (C=N–C) groups is 1. The fourth-order valence-corrected chi connectivity index (χ4v) is 2.43. The summed E-state index contributed by atoms with van der Waals surface area (Å²) >= 11 is 0. The van der Waals surface area contributed by atoms with Gasteiger partial charge in [0.05, 0.1) is 18.9 Å². The molecular weight excluding hydrogens is 320 g/mol. The Kier molecular flexibility index (Phi) is 7.43. The van der Waals surface area contributed by atoms with Crippen LogP contribution in [0.4, 0.5) is 11.4 Å². The summed E-state index contributed by atoms with van der Waals surface area (Å²) in [6.45, 7) is 3.68. The third kappa shape index (κ3) is 5.88. The lowest BCUT2D eigenvalue weighted by atomic mass is 10.1. The van der Waals surface area contributed by atoms with Crippen LogP contribution in [0, 0.1) is 5.41 Å². The minimum absolute atomic E-state index is 0.0463. The van der Waals surface area contributed by atoms with Crippen molar-refractivity contribution in [1.29, 1.82) is 5.41 Å². The molecule has 0 aliphatic carbocycles. The molecular formula is C18H24N4O3. The number of nitrogens with zero attached hydrogens (tertiary/aromatic N) is 2. The molecule has 2 rings (SSSR count). The van der Waals surface area contributed by atoms with Crippen LogP contribution in [0.15, 0.2) is 29.3 Å². The molecule has 134 valence electrons. The average molecular weight is 344 g/mol. The van der Waals surface area contributed by atoms with Crippen molar-refractivity contribution < 1.29 is 14.3 Å². The van der Waals surface area contributed by atoms with Crippen LogP contribution in [-0.4, -0.2) is 63.4 Å². The van der Waals surface area contributed by atoms with Crippen molar-refractivity contribution >= 4 is 34.9 Å². The lowest BCUT2D eigenvalue weighted by molar-refractivity contribution is -0.116. The van der Waals surface area contributed by atoms with Gasteiger partial charge in [-0.2, -0.15) is 0 Å². The SMILES string of the molecule is CNCCC(=O)C(=N)C(=O)CC=Nc1ccc(N2CCOCC2)cc1. The number of ketones is 2. The number of hydrogen-bond donors (Lipinski definition) is 2. The summed E-state index contributed by atoms with van der Waals surface area (Å²) < 4.78 is 5.34. The van der Waals surface area contributed by atoms with Gasteiger partial charge in [0.1, 0.15) is 5.71 Å². The number of Topliss-reactive ketones (excluding diaryl/α,β-unsaturated/α-hetero) is 2. The maximum atomic E-state index is 11.8. The molecule has 1 saturated heterocycles. The molecule has 1 aromatic rings. The van der Waals surface area contributed by atoms with E-state index in [1.54, 1.807) is 7.05 Å². The summed E-state index contributed by atoms with van der Waals surface area (Å²) in [5.41, 5.74) is 1.40. The van der Waals surface area contributed by atoms with Crippen LogP contribution in [-0.2, 0) is 14.3 Å². The van der Waals surface area contributed by atoms with Gasteiger partial charge in [-0.05, 0) is 31.3 Å². The van der Waals surface area contributed by atoms with Crippen molar-refractivity contribution in [2.75, 3.05) is 44.8 Å². The highest BCUT2D eigenvalue weighted by atomic mass is 16.5. The Bertz CT molecular complexity index is 634. The van der Waals surface area contributed by atoms with Gasteiger partial charge >= 0.3 is 0 Å². The van der Waals surface area contributed by atoms with Crippen molar-refractivity contribution in [3.05, 3.63) is 24.3 Å². The topological polar surface area (TPSA) is 94.9 Å². The summed E-state index contributed by atoms with van der Waals surface area (Å²) in [5.74, 6) is -0.947. The van der Waals surface area contributed by atoms with Crippen LogP contribution in [0.25, 0.3) is 0 Å². The number of hydrogen-bond acceptors (Lipinski definition) is 7. The molecule has 0 aromatic heterocycles. The first-order chi connectivity index (χ1) is 12.1. The van der Waals surface area contributed by atoms with Crippen LogP contribution in [0.1, 0.15) is 12.8 Å². The molecule has 0 radical (unpaired) electrons. The number of anilines is 1. The van der Waals surface area contributed by atoms with E-state index >= 15 is 0 Å². The molecule has 1 aliphatic rings. The largest absolute Gasteiger partial charge is 0.378 e. The number of ether oxygens (including phenoxy) is 1. The second-order valence-electron chi connectivity index (χ2n) is 5.71. The lowest BCUT2D eigenvalue weighted by Crippen LogP contribution is -2.36. The second kappa shape index (κ2) is 9.80. The van der Waals surface area contributed by atoms with E-state index < -0.39 is 17.3 Å². The highest BCUT2D eigenvalue weighted by molar-refractivity contribution is 6.65. The number of morpholine rings is 1. The van der Waals surface area contributed by atoms with Crippen molar-refractivity contribution in [1.82, 2.24) is 5.32 Å². The van der Waals surface area contributed by atoms with Gasteiger partial charge in [-0.3, -0.25) is 20.0 Å². The second-order valence-corrected chi connectivity index (χ2v) is 5.71. The van der Waals surface area contributed by atoms with E-state index in [2.05, 4.69) is 15.2 Å². The quantitative estimate of drug-likeness (QED) is 0.521. The van der Waals surface area contributed by atoms with Crippen molar-refractivity contribution in [3.8, 4) is 0 Å². The molecule has 1 fully saturated rings. The van der Waals surface area contributed by atoms with Gasteiger partial charge in [0.15, 0.2) is 11.6 Å². The van der Waals surface area contributed by atoms with Crippen LogP contribution in [0.3, 0.4) is 0 Å². The first-order valence-electron chi connectivity index (χ1n) is 8.36. The smallest absolute Gasteiger partial charge is 0.189 e. The molecule has 0 bridgehead atoms. The zero-order chi connectivity index (χ0) is 18.1. The maximum absolute atomic E-state index is 11.8. The molecule has 1 heterocycles. The first kappa shape index (κ1) is 19.0. The van der Waals surface area contributed by atoms with E-state index in [1.807, 2.05) is 24.3 Å². The van der Waals surface area contributed by atoms with Crippen LogP contribution < -0.4 is 10.2 Å². The molecule has 1 aromatic carbocycles. The van der Waals surface area contributed by atoms with Gasteiger partial charge in [-0.15, -0.1) is 0 Å². The summed E-state index contributed by atoms with van der Waals surface area (Å²) in [6.07, 6.45) is 1.56. The Labute approximate surface area is 147 Å². The molecule has 0 amide bonds. The molecule has 0 unspecified atom stereocenters. The summed E-state index contributed by atoms with van der Waals surface area (Å²) in [7, 11) is 1.72. The van der Waals surface area contributed by atoms with Gasteiger partial charge in [0, 0.05) is 44.4 Å². The summed E-state index contributed by atoms with van der Waals surface area (Å²) in [5, 5.41) is 10.4. The average Bonchev–Trinajstić information content (AvgIpc) is 2.66. The molecule has 0 atom stereocenters. The lowest BCUT2D eigenvalue weighted by Gasteiger charge is -2.28. The fraction of sp³-hybridized carbons (Fsp3) is 0.444. The first-order valence-corrected chi connectivity index (χ1v) is 8.36. The summed E-state index contributed by atoms with van der Waals surface area (Å²) in [6, 6.07) is 7.75. The summed E-state index contributed by atoms with van der Waals surface area (Å²) in [4.78, 5) is 29.9. The fourth-order valence-electron chi connectivity index (χ4n) is 2.43. The van der Waals surface area contributed by atoms with Gasteiger partial charge in [0.25, 0.3) is 0 Å². The minimum Gasteiger partial charge on any atom is -0.378 e. The van der Waals surface area contributed by atoms with Crippen molar-refractivity contribution in [2.24, 2.45) is 4.99 Å². The number of nitrogens with one attached hydrogen (secondary N) is 2. The van der Waals surface area contributed by atoms with Gasteiger partial charge in [0.2, 0.25) is 0 Å². The highest BCUT2D eigenvalue weighted by Crippen LogP contribution is 2.20. The van der Waals surface area contributed by atoms with Crippen LogP contribution in [0.5, 0.6) is 0 Å². The minimum atomic E-state index is -0.505. The molecule has 7 heteroatoms. The van der Waals surface area contributed by atoms with E-state index in [4.69, 9.17) is 10.1 Å². The number of rotatable bonds is 9. The van der Waals surface area contributed by atoms with Gasteiger partial charge in [-0.1, -0.05) is 0 Å². The number of carbonyl (C=O) groups is 2. The molecule has 1 aliphatic heterocycles. The highest BCUT2D eigenvalue weighted by Gasteiger charge is 2.16. The Balaban J connectivity index is 1.83. The molecule has 25 heavy (non-hydrogen) atoms. The van der Waals surface area contributed by atoms with Crippen LogP contribution in [0.2, 0.25) is 0 Å². The van der Waals surface area contributed by atoms with E-state index in [0.717, 1.165) is 37.7 Å². The normalized spacial score (nSPS) is 14.7. The zero-order valence-electron chi connectivity index (χ0n) is 14.5. The molecule has 2 N–H and O–H groups in total. The monoisotopic (exact) mass is 344 g/mol. The van der Waals surface area contributed by atoms with E-state index in [-0.39, 0.29) is 12.8 Å². The third-order valence-corrected chi connectivity index (χ3v) is 3.90.